The largest absolute Gasteiger partial charge is 0.280 e. The Balaban J connectivity index is 3.60. The van der Waals surface area contributed by atoms with Crippen LogP contribution in [0.1, 0.15) is 26.3 Å². The van der Waals surface area contributed by atoms with E-state index in [1.54, 1.807) is 20.8 Å². The summed E-state index contributed by atoms with van der Waals surface area (Å²) in [4.78, 5) is 20.5. The fourth-order valence-electron chi connectivity index (χ4n) is 1.60. The van der Waals surface area contributed by atoms with Gasteiger partial charge < -0.3 is 0 Å². The molecule has 0 saturated carbocycles. The van der Waals surface area contributed by atoms with Gasteiger partial charge in [-0.15, -0.1) is 0 Å². The number of hydrogen-bond acceptors (Lipinski definition) is 4. The molecule has 6 nitrogen and oxygen atoms in total. The molecule has 0 bridgehead atoms. The fraction of sp³-hybridized carbons (Fsp3) is 0.400. The average Bonchev–Trinajstić information content (AvgIpc) is 2.15. The average molecular weight is 224 g/mol. The van der Waals surface area contributed by atoms with E-state index in [2.05, 4.69) is 0 Å². The van der Waals surface area contributed by atoms with Crippen molar-refractivity contribution in [3.05, 3.63) is 44.0 Å². The van der Waals surface area contributed by atoms with Crippen LogP contribution in [0.25, 0.3) is 0 Å². The summed E-state index contributed by atoms with van der Waals surface area (Å²) < 4.78 is 0. The van der Waals surface area contributed by atoms with Crippen molar-refractivity contribution in [3.63, 3.8) is 0 Å². The maximum atomic E-state index is 10.8. The third kappa shape index (κ3) is 2.16. The first-order valence-electron chi connectivity index (χ1n) is 4.67. The lowest BCUT2D eigenvalue weighted by molar-refractivity contribution is -0.396. The van der Waals surface area contributed by atoms with Crippen molar-refractivity contribution >= 4 is 11.4 Å². The number of nitrogens with zero attached hydrogens (tertiary/aromatic N) is 2. The van der Waals surface area contributed by atoms with Gasteiger partial charge in [0.2, 0.25) is 0 Å². The van der Waals surface area contributed by atoms with Crippen LogP contribution in [0.2, 0.25) is 0 Å². The first-order chi connectivity index (χ1) is 7.25. The second-order valence-electron chi connectivity index (χ2n) is 4.44. The lowest BCUT2D eigenvalue weighted by Crippen LogP contribution is -2.16. The van der Waals surface area contributed by atoms with Crippen LogP contribution in [0.5, 0.6) is 0 Å². The van der Waals surface area contributed by atoms with E-state index < -0.39 is 15.3 Å². The summed E-state index contributed by atoms with van der Waals surface area (Å²) >= 11 is 0. The molecule has 0 aliphatic rings. The summed E-state index contributed by atoms with van der Waals surface area (Å²) in [5.41, 5.74) is -0.903. The Bertz CT molecular complexity index is 416. The molecule has 16 heavy (non-hydrogen) atoms. The first-order valence-corrected chi connectivity index (χ1v) is 4.67. The van der Waals surface area contributed by atoms with Crippen molar-refractivity contribution in [2.75, 3.05) is 0 Å². The smallest absolute Gasteiger partial charge is 0.258 e. The molecule has 0 fully saturated rings. The molecule has 0 aromatic heterocycles. The van der Waals surface area contributed by atoms with Gasteiger partial charge in [-0.3, -0.25) is 20.2 Å². The Morgan fingerprint density at radius 1 is 1.00 bits per heavy atom. The molecule has 86 valence electrons. The zero-order valence-electron chi connectivity index (χ0n) is 9.26. The minimum Gasteiger partial charge on any atom is -0.258 e. The summed E-state index contributed by atoms with van der Waals surface area (Å²) in [7, 11) is 0. The summed E-state index contributed by atoms with van der Waals surface area (Å²) in [5, 5.41) is 21.7. The fourth-order valence-corrected chi connectivity index (χ4v) is 1.60. The van der Waals surface area contributed by atoms with Crippen molar-refractivity contribution in [2.24, 2.45) is 0 Å². The molecule has 0 radical (unpaired) electrons. The summed E-state index contributed by atoms with van der Waals surface area (Å²) in [5.74, 6) is 0. The van der Waals surface area contributed by atoms with Gasteiger partial charge in [-0.05, 0) is 6.07 Å². The van der Waals surface area contributed by atoms with Crippen molar-refractivity contribution in [1.29, 1.82) is 0 Å². The van der Waals surface area contributed by atoms with Crippen LogP contribution in [0.3, 0.4) is 0 Å². The summed E-state index contributed by atoms with van der Waals surface area (Å²) in [6.07, 6.45) is 0. The lowest BCUT2D eigenvalue weighted by Gasteiger charge is -2.18. The standard InChI is InChI=1S/C10H12N2O4/c1-10(2,3)9-7(11(13)14)5-4-6-8(9)12(15)16/h4-6H,1-3H3. The highest BCUT2D eigenvalue weighted by Gasteiger charge is 2.33. The summed E-state index contributed by atoms with van der Waals surface area (Å²) in [6.45, 7) is 5.13. The maximum absolute atomic E-state index is 10.8. The second-order valence-corrected chi connectivity index (χ2v) is 4.44. The zero-order valence-corrected chi connectivity index (χ0v) is 9.26. The molecule has 6 heteroatoms. The lowest BCUT2D eigenvalue weighted by atomic mass is 9.84. The Labute approximate surface area is 92.2 Å². The molecule has 0 amide bonds. The Morgan fingerprint density at radius 3 is 1.62 bits per heavy atom. The van der Waals surface area contributed by atoms with Gasteiger partial charge in [0.05, 0.1) is 9.85 Å². The monoisotopic (exact) mass is 224 g/mol. The topological polar surface area (TPSA) is 86.3 Å². The molecule has 0 aliphatic heterocycles. The van der Waals surface area contributed by atoms with Gasteiger partial charge in [-0.25, -0.2) is 0 Å². The van der Waals surface area contributed by atoms with Gasteiger partial charge >= 0.3 is 0 Å². The molecule has 1 aromatic carbocycles. The third-order valence-corrected chi connectivity index (χ3v) is 2.16. The van der Waals surface area contributed by atoms with Crippen molar-refractivity contribution in [3.8, 4) is 0 Å². The van der Waals surface area contributed by atoms with Crippen LogP contribution in [0, 0.1) is 20.2 Å². The number of rotatable bonds is 2. The predicted octanol–water partition coefficient (Wildman–Crippen LogP) is 2.80. The van der Waals surface area contributed by atoms with E-state index in [0.29, 0.717) is 0 Å². The minimum atomic E-state index is -0.647. The molecule has 0 unspecified atom stereocenters. The molecule has 0 N–H and O–H groups in total. The van der Waals surface area contributed by atoms with Crippen molar-refractivity contribution in [2.45, 2.75) is 26.2 Å². The number of nitro benzene ring substituents is 2. The maximum Gasteiger partial charge on any atom is 0.280 e. The van der Waals surface area contributed by atoms with Crippen LogP contribution in [-0.2, 0) is 5.41 Å². The van der Waals surface area contributed by atoms with Crippen LogP contribution < -0.4 is 0 Å². The molecule has 0 atom stereocenters. The zero-order chi connectivity index (χ0) is 12.5. The quantitative estimate of drug-likeness (QED) is 0.570. The van der Waals surface area contributed by atoms with E-state index in [0.717, 1.165) is 0 Å². The van der Waals surface area contributed by atoms with Crippen LogP contribution in [0.15, 0.2) is 18.2 Å². The molecule has 0 heterocycles. The normalized spacial score (nSPS) is 11.2. The van der Waals surface area contributed by atoms with E-state index in [4.69, 9.17) is 0 Å². The Hall–Kier alpha value is -1.98. The van der Waals surface area contributed by atoms with Crippen LogP contribution in [-0.4, -0.2) is 9.85 Å². The Morgan fingerprint density at radius 2 is 1.38 bits per heavy atom. The summed E-state index contributed by atoms with van der Waals surface area (Å²) in [6, 6.07) is 3.90. The van der Waals surface area contributed by atoms with Gasteiger partial charge in [0, 0.05) is 17.5 Å². The van der Waals surface area contributed by atoms with E-state index in [-0.39, 0.29) is 16.9 Å². The third-order valence-electron chi connectivity index (χ3n) is 2.16. The molecule has 0 aliphatic carbocycles. The second kappa shape index (κ2) is 3.88. The highest BCUT2D eigenvalue weighted by molar-refractivity contribution is 5.56. The van der Waals surface area contributed by atoms with Crippen LogP contribution >= 0.6 is 0 Å². The molecule has 0 spiro atoms. The number of benzene rings is 1. The Kier molecular flexibility index (Phi) is 2.93. The predicted molar refractivity (Wildman–Crippen MR) is 58.5 cm³/mol. The SMILES string of the molecule is CC(C)(C)c1c([N+](=O)[O-])cccc1[N+](=O)[O-]. The van der Waals surface area contributed by atoms with Gasteiger partial charge in [0.15, 0.2) is 0 Å². The molecular weight excluding hydrogens is 212 g/mol. The van der Waals surface area contributed by atoms with E-state index >= 15 is 0 Å². The minimum absolute atomic E-state index is 0.157. The highest BCUT2D eigenvalue weighted by Crippen LogP contribution is 2.37. The van der Waals surface area contributed by atoms with Crippen molar-refractivity contribution in [1.82, 2.24) is 0 Å². The van der Waals surface area contributed by atoms with E-state index in [9.17, 15) is 20.2 Å². The highest BCUT2D eigenvalue weighted by atomic mass is 16.6. The van der Waals surface area contributed by atoms with Gasteiger partial charge in [0.25, 0.3) is 11.4 Å². The van der Waals surface area contributed by atoms with Crippen molar-refractivity contribution < 1.29 is 9.85 Å². The van der Waals surface area contributed by atoms with E-state index in [1.165, 1.54) is 18.2 Å². The molecule has 0 saturated heterocycles. The van der Waals surface area contributed by atoms with E-state index in [1.807, 2.05) is 0 Å². The molecular formula is C10H12N2O4. The first kappa shape index (κ1) is 12.1. The van der Waals surface area contributed by atoms with Gasteiger partial charge in [0.1, 0.15) is 5.56 Å². The van der Waals surface area contributed by atoms with Gasteiger partial charge in [-0.1, -0.05) is 20.8 Å². The number of nitro groups is 2. The van der Waals surface area contributed by atoms with Crippen LogP contribution in [0.4, 0.5) is 11.4 Å². The number of hydrogen-bond donors (Lipinski definition) is 0. The van der Waals surface area contributed by atoms with Gasteiger partial charge in [-0.2, -0.15) is 0 Å². The molecule has 1 aromatic rings. The molecule has 1 rings (SSSR count).